The van der Waals surface area contributed by atoms with Crippen LogP contribution in [0.4, 0.5) is 10.1 Å². The molecule has 0 bridgehead atoms. The predicted octanol–water partition coefficient (Wildman–Crippen LogP) is 3.89. The number of benzene rings is 2. The molecule has 0 fully saturated rings. The molecule has 1 amide bonds. The highest BCUT2D eigenvalue weighted by atomic mass is 19.1. The molecule has 0 atom stereocenters. The summed E-state index contributed by atoms with van der Waals surface area (Å²) in [5.74, 6) is 0.0855. The summed E-state index contributed by atoms with van der Waals surface area (Å²) in [6.45, 7) is 2.06. The number of anilines is 1. The fourth-order valence-electron chi connectivity index (χ4n) is 2.58. The van der Waals surface area contributed by atoms with Crippen molar-refractivity contribution >= 4 is 23.2 Å². The molecule has 1 heterocycles. The molecule has 3 nitrogen and oxygen atoms in total. The lowest BCUT2D eigenvalue weighted by Gasteiger charge is -2.08. The van der Waals surface area contributed by atoms with Crippen LogP contribution in [0.2, 0.25) is 0 Å². The second-order valence-electron chi connectivity index (χ2n) is 5.13. The molecular weight excluding hydrogens is 281 g/mol. The molecule has 0 unspecified atom stereocenters. The van der Waals surface area contributed by atoms with E-state index in [2.05, 4.69) is 12.2 Å². The van der Waals surface area contributed by atoms with Crippen LogP contribution < -0.4 is 10.1 Å². The summed E-state index contributed by atoms with van der Waals surface area (Å²) in [4.78, 5) is 12.2. The number of hydrogen-bond donors (Lipinski definition) is 1. The normalized spacial score (nSPS) is 14.9. The Bertz CT molecular complexity index is 781. The van der Waals surface area contributed by atoms with Crippen LogP contribution in [0.25, 0.3) is 11.6 Å². The summed E-state index contributed by atoms with van der Waals surface area (Å²) < 4.78 is 18.8. The molecule has 0 aromatic heterocycles. The fourth-order valence-corrected chi connectivity index (χ4v) is 2.58. The van der Waals surface area contributed by atoms with Crippen molar-refractivity contribution in [2.45, 2.75) is 13.3 Å². The first-order valence-electron chi connectivity index (χ1n) is 7.12. The molecule has 0 spiro atoms. The minimum absolute atomic E-state index is 0.232. The molecule has 1 aliphatic rings. The quantitative estimate of drug-likeness (QED) is 0.873. The van der Waals surface area contributed by atoms with E-state index in [1.165, 1.54) is 12.1 Å². The zero-order valence-corrected chi connectivity index (χ0v) is 12.4. The van der Waals surface area contributed by atoms with Crippen LogP contribution in [0.15, 0.2) is 36.4 Å². The standard InChI is InChI=1S/C18H16FNO2/c1-3-11-4-7-17(22-2)12(8-11)9-15-14-10-13(19)5-6-16(14)20-18(15)21/h4-10H,3H2,1-2H3,(H,20,21)/b15-9+. The fraction of sp³-hybridized carbons (Fsp3) is 0.167. The molecule has 1 aliphatic heterocycles. The molecular formula is C18H16FNO2. The van der Waals surface area contributed by atoms with Gasteiger partial charge in [0, 0.05) is 22.4 Å². The Balaban J connectivity index is 2.13. The Hall–Kier alpha value is -2.62. The third-order valence-electron chi connectivity index (χ3n) is 3.77. The third-order valence-corrected chi connectivity index (χ3v) is 3.77. The monoisotopic (exact) mass is 297 g/mol. The molecule has 0 aliphatic carbocycles. The van der Waals surface area contributed by atoms with E-state index in [0.717, 1.165) is 17.5 Å². The summed E-state index contributed by atoms with van der Waals surface area (Å²) in [5.41, 5.74) is 3.60. The van der Waals surface area contributed by atoms with Crippen molar-refractivity contribution in [2.24, 2.45) is 0 Å². The van der Waals surface area contributed by atoms with Gasteiger partial charge in [0.2, 0.25) is 0 Å². The molecule has 3 rings (SSSR count). The van der Waals surface area contributed by atoms with Gasteiger partial charge in [-0.2, -0.15) is 0 Å². The molecule has 112 valence electrons. The van der Waals surface area contributed by atoms with Crippen LogP contribution in [0, 0.1) is 5.82 Å². The number of halogens is 1. The van der Waals surface area contributed by atoms with Crippen LogP contribution in [0.5, 0.6) is 5.75 Å². The number of carbonyl (C=O) groups is 1. The second-order valence-corrected chi connectivity index (χ2v) is 5.13. The molecule has 22 heavy (non-hydrogen) atoms. The average Bonchev–Trinajstić information content (AvgIpc) is 2.83. The molecule has 2 aromatic carbocycles. The second kappa shape index (κ2) is 5.64. The minimum atomic E-state index is -0.365. The Labute approximate surface area is 128 Å². The Morgan fingerprint density at radius 2 is 2.05 bits per heavy atom. The van der Waals surface area contributed by atoms with Crippen LogP contribution in [-0.4, -0.2) is 13.0 Å². The van der Waals surface area contributed by atoms with Crippen molar-refractivity contribution in [1.29, 1.82) is 0 Å². The third kappa shape index (κ3) is 2.48. The highest BCUT2D eigenvalue weighted by Gasteiger charge is 2.24. The molecule has 0 radical (unpaired) electrons. The summed E-state index contributed by atoms with van der Waals surface area (Å²) in [6, 6.07) is 10.1. The van der Waals surface area contributed by atoms with E-state index in [1.807, 2.05) is 18.2 Å². The number of ether oxygens (including phenoxy) is 1. The zero-order valence-electron chi connectivity index (χ0n) is 12.4. The number of carbonyl (C=O) groups excluding carboxylic acids is 1. The van der Waals surface area contributed by atoms with Gasteiger partial charge in [0.05, 0.1) is 7.11 Å². The first-order valence-corrected chi connectivity index (χ1v) is 7.12. The largest absolute Gasteiger partial charge is 0.496 e. The van der Waals surface area contributed by atoms with Gasteiger partial charge in [-0.05, 0) is 48.4 Å². The summed E-state index contributed by atoms with van der Waals surface area (Å²) in [6.07, 6.45) is 2.64. The Morgan fingerprint density at radius 3 is 2.77 bits per heavy atom. The van der Waals surface area contributed by atoms with Crippen LogP contribution in [0.1, 0.15) is 23.6 Å². The maximum absolute atomic E-state index is 13.5. The van der Waals surface area contributed by atoms with E-state index in [4.69, 9.17) is 4.74 Å². The lowest BCUT2D eigenvalue weighted by molar-refractivity contribution is -0.110. The summed E-state index contributed by atoms with van der Waals surface area (Å²) in [5, 5.41) is 2.75. The predicted molar refractivity (Wildman–Crippen MR) is 85.3 cm³/mol. The molecule has 4 heteroatoms. The van der Waals surface area contributed by atoms with Gasteiger partial charge in [-0.25, -0.2) is 4.39 Å². The van der Waals surface area contributed by atoms with Crippen molar-refractivity contribution in [3.8, 4) is 5.75 Å². The van der Waals surface area contributed by atoms with Gasteiger partial charge in [-0.3, -0.25) is 4.79 Å². The number of nitrogens with one attached hydrogen (secondary N) is 1. The maximum Gasteiger partial charge on any atom is 0.256 e. The smallest absolute Gasteiger partial charge is 0.256 e. The maximum atomic E-state index is 13.5. The lowest BCUT2D eigenvalue weighted by atomic mass is 10.0. The van der Waals surface area contributed by atoms with Gasteiger partial charge < -0.3 is 10.1 Å². The lowest BCUT2D eigenvalue weighted by Crippen LogP contribution is -2.03. The van der Waals surface area contributed by atoms with Gasteiger partial charge >= 0.3 is 0 Å². The van der Waals surface area contributed by atoms with Crippen LogP contribution in [0.3, 0.4) is 0 Å². The van der Waals surface area contributed by atoms with E-state index >= 15 is 0 Å². The molecule has 0 saturated carbocycles. The highest BCUT2D eigenvalue weighted by Crippen LogP contribution is 2.35. The number of methoxy groups -OCH3 is 1. The molecule has 0 saturated heterocycles. The number of rotatable bonds is 3. The number of amides is 1. The number of aryl methyl sites for hydroxylation is 1. The molecule has 2 aromatic rings. The van der Waals surface area contributed by atoms with Crippen molar-refractivity contribution in [3.63, 3.8) is 0 Å². The highest BCUT2D eigenvalue weighted by molar-refractivity contribution is 6.35. The van der Waals surface area contributed by atoms with Crippen molar-refractivity contribution in [2.75, 3.05) is 12.4 Å². The number of fused-ring (bicyclic) bond motifs is 1. The van der Waals surface area contributed by atoms with Crippen molar-refractivity contribution in [1.82, 2.24) is 0 Å². The first-order chi connectivity index (χ1) is 10.6. The van der Waals surface area contributed by atoms with E-state index in [-0.39, 0.29) is 11.7 Å². The average molecular weight is 297 g/mol. The summed E-state index contributed by atoms with van der Waals surface area (Å²) >= 11 is 0. The van der Waals surface area contributed by atoms with Gasteiger partial charge in [0.25, 0.3) is 5.91 Å². The minimum Gasteiger partial charge on any atom is -0.496 e. The van der Waals surface area contributed by atoms with Gasteiger partial charge in [-0.1, -0.05) is 13.0 Å². The first kappa shape index (κ1) is 14.3. The summed E-state index contributed by atoms with van der Waals surface area (Å²) in [7, 11) is 1.59. The van der Waals surface area contributed by atoms with Gasteiger partial charge in [0.1, 0.15) is 11.6 Å². The van der Waals surface area contributed by atoms with Crippen molar-refractivity contribution < 1.29 is 13.9 Å². The van der Waals surface area contributed by atoms with Crippen LogP contribution in [-0.2, 0) is 11.2 Å². The van der Waals surface area contributed by atoms with E-state index in [9.17, 15) is 9.18 Å². The van der Waals surface area contributed by atoms with E-state index in [0.29, 0.717) is 22.6 Å². The van der Waals surface area contributed by atoms with E-state index < -0.39 is 0 Å². The van der Waals surface area contributed by atoms with Crippen molar-refractivity contribution in [3.05, 3.63) is 58.9 Å². The zero-order chi connectivity index (χ0) is 15.7. The van der Waals surface area contributed by atoms with Crippen LogP contribution >= 0.6 is 0 Å². The Kier molecular flexibility index (Phi) is 3.67. The topological polar surface area (TPSA) is 38.3 Å². The van der Waals surface area contributed by atoms with Gasteiger partial charge in [0.15, 0.2) is 0 Å². The van der Waals surface area contributed by atoms with Gasteiger partial charge in [-0.15, -0.1) is 0 Å². The van der Waals surface area contributed by atoms with E-state index in [1.54, 1.807) is 19.3 Å². The SMILES string of the molecule is CCc1ccc(OC)c(/C=C2/C(=O)Nc3ccc(F)cc32)c1. The number of hydrogen-bond acceptors (Lipinski definition) is 2. The molecule has 1 N–H and O–H groups in total. The Morgan fingerprint density at radius 1 is 1.23 bits per heavy atom.